The number of morpholine rings is 1. The number of amides is 1. The number of carbonyl (C=O) groups is 1. The van der Waals surface area contributed by atoms with E-state index in [9.17, 15) is 13.2 Å². The van der Waals surface area contributed by atoms with Gasteiger partial charge in [0.1, 0.15) is 0 Å². The highest BCUT2D eigenvalue weighted by atomic mass is 32.2. The van der Waals surface area contributed by atoms with Gasteiger partial charge in [-0.25, -0.2) is 12.7 Å². The highest BCUT2D eigenvalue weighted by molar-refractivity contribution is 7.89. The minimum Gasteiger partial charge on any atom is -0.378 e. The van der Waals surface area contributed by atoms with Crippen molar-refractivity contribution in [1.82, 2.24) is 9.62 Å². The zero-order valence-electron chi connectivity index (χ0n) is 16.1. The summed E-state index contributed by atoms with van der Waals surface area (Å²) in [6.07, 6.45) is 0. The molecule has 1 aliphatic heterocycles. The Labute approximate surface area is 166 Å². The number of nitrogens with zero attached hydrogens (tertiary/aromatic N) is 2. The number of ether oxygens (including phenoxy) is 1. The monoisotopic (exact) mass is 403 g/mol. The zero-order valence-corrected chi connectivity index (χ0v) is 16.9. The van der Waals surface area contributed by atoms with Crippen LogP contribution in [0.5, 0.6) is 0 Å². The van der Waals surface area contributed by atoms with Crippen molar-refractivity contribution in [3.8, 4) is 0 Å². The lowest BCUT2D eigenvalue weighted by molar-refractivity contribution is 0.0949. The van der Waals surface area contributed by atoms with Crippen molar-refractivity contribution in [2.24, 2.45) is 0 Å². The van der Waals surface area contributed by atoms with E-state index in [2.05, 4.69) is 5.32 Å². The van der Waals surface area contributed by atoms with Gasteiger partial charge in [0.25, 0.3) is 5.91 Å². The molecule has 2 aromatic carbocycles. The van der Waals surface area contributed by atoms with Crippen molar-refractivity contribution < 1.29 is 17.9 Å². The summed E-state index contributed by atoms with van der Waals surface area (Å²) in [5.41, 5.74) is 2.04. The lowest BCUT2D eigenvalue weighted by Crippen LogP contribution is -2.38. The highest BCUT2D eigenvalue weighted by Gasteiger charge is 2.24. The first kappa shape index (κ1) is 20.3. The summed E-state index contributed by atoms with van der Waals surface area (Å²) in [6.45, 7) is 2.82. The number of carbonyl (C=O) groups excluding carboxylic acids is 1. The Morgan fingerprint density at radius 2 is 1.79 bits per heavy atom. The van der Waals surface area contributed by atoms with Crippen molar-refractivity contribution in [2.45, 2.75) is 11.4 Å². The Hall–Kier alpha value is -2.42. The average molecular weight is 404 g/mol. The van der Waals surface area contributed by atoms with Gasteiger partial charge in [0.2, 0.25) is 10.0 Å². The number of hydrogen-bond acceptors (Lipinski definition) is 5. The Balaban J connectivity index is 1.93. The first-order chi connectivity index (χ1) is 13.4. The number of nitrogens with one attached hydrogen (secondary N) is 1. The molecule has 2 aromatic rings. The van der Waals surface area contributed by atoms with E-state index in [4.69, 9.17) is 4.74 Å². The van der Waals surface area contributed by atoms with E-state index in [1.54, 1.807) is 12.1 Å². The average Bonchev–Trinajstić information content (AvgIpc) is 2.72. The van der Waals surface area contributed by atoms with Gasteiger partial charge in [0.15, 0.2) is 0 Å². The van der Waals surface area contributed by atoms with Crippen LogP contribution in [-0.2, 0) is 21.3 Å². The van der Waals surface area contributed by atoms with Gasteiger partial charge in [-0.2, -0.15) is 0 Å². The van der Waals surface area contributed by atoms with E-state index in [-0.39, 0.29) is 10.8 Å². The summed E-state index contributed by atoms with van der Waals surface area (Å²) in [6, 6.07) is 14.3. The van der Waals surface area contributed by atoms with E-state index >= 15 is 0 Å². The number of benzene rings is 2. The van der Waals surface area contributed by atoms with Crippen LogP contribution in [0, 0.1) is 0 Å². The molecule has 3 rings (SSSR count). The maximum absolute atomic E-state index is 13.0. The van der Waals surface area contributed by atoms with Crippen LogP contribution < -0.4 is 10.2 Å². The maximum atomic E-state index is 13.0. The number of sulfonamides is 1. The summed E-state index contributed by atoms with van der Waals surface area (Å²) in [7, 11) is -0.692. The van der Waals surface area contributed by atoms with E-state index in [1.165, 1.54) is 20.2 Å². The van der Waals surface area contributed by atoms with Gasteiger partial charge in [-0.05, 0) is 23.8 Å². The van der Waals surface area contributed by atoms with Crippen LogP contribution in [0.2, 0.25) is 0 Å². The van der Waals surface area contributed by atoms with Gasteiger partial charge >= 0.3 is 0 Å². The van der Waals surface area contributed by atoms with Crippen LogP contribution in [0.15, 0.2) is 53.4 Å². The van der Waals surface area contributed by atoms with Gasteiger partial charge in [-0.3, -0.25) is 4.79 Å². The Morgan fingerprint density at radius 1 is 1.11 bits per heavy atom. The highest BCUT2D eigenvalue weighted by Crippen LogP contribution is 2.26. The van der Waals surface area contributed by atoms with Crippen molar-refractivity contribution in [3.63, 3.8) is 0 Å². The molecule has 0 spiro atoms. The molecule has 1 heterocycles. The SMILES string of the molecule is CN(C)S(=O)(=O)c1ccc(N2CCOCC2)c(C(=O)NCc2ccccc2)c1. The normalized spacial score (nSPS) is 14.9. The van der Waals surface area contributed by atoms with Crippen LogP contribution in [0.25, 0.3) is 0 Å². The fourth-order valence-electron chi connectivity index (χ4n) is 3.02. The Bertz CT molecular complexity index is 924. The van der Waals surface area contributed by atoms with Gasteiger partial charge in [0, 0.05) is 39.4 Å². The van der Waals surface area contributed by atoms with Crippen LogP contribution in [0.3, 0.4) is 0 Å². The first-order valence-corrected chi connectivity index (χ1v) is 10.5. The largest absolute Gasteiger partial charge is 0.378 e. The fraction of sp³-hybridized carbons (Fsp3) is 0.350. The molecule has 1 N–H and O–H groups in total. The second kappa shape index (κ2) is 8.72. The molecule has 1 aliphatic rings. The van der Waals surface area contributed by atoms with E-state index in [0.717, 1.165) is 9.87 Å². The summed E-state index contributed by atoms with van der Waals surface area (Å²) < 4.78 is 31.6. The molecule has 0 bridgehead atoms. The van der Waals surface area contributed by atoms with E-state index < -0.39 is 10.0 Å². The van der Waals surface area contributed by atoms with Crippen molar-refractivity contribution in [2.75, 3.05) is 45.3 Å². The van der Waals surface area contributed by atoms with Gasteiger partial charge < -0.3 is 15.0 Å². The maximum Gasteiger partial charge on any atom is 0.253 e. The van der Waals surface area contributed by atoms with E-state index in [1.807, 2.05) is 35.2 Å². The third kappa shape index (κ3) is 4.52. The molecule has 0 aromatic heterocycles. The van der Waals surface area contributed by atoms with Crippen LogP contribution in [0.1, 0.15) is 15.9 Å². The molecule has 0 saturated carbocycles. The molecule has 0 aliphatic carbocycles. The molecule has 1 amide bonds. The third-order valence-electron chi connectivity index (χ3n) is 4.64. The van der Waals surface area contributed by atoms with Crippen molar-refractivity contribution in [3.05, 3.63) is 59.7 Å². The minimum atomic E-state index is -3.64. The molecule has 8 heteroatoms. The van der Waals surface area contributed by atoms with E-state index in [0.29, 0.717) is 44.1 Å². The standard InChI is InChI=1S/C20H25N3O4S/c1-22(2)28(25,26)17-8-9-19(23-10-12-27-13-11-23)18(14-17)20(24)21-15-16-6-4-3-5-7-16/h3-9,14H,10-13,15H2,1-2H3,(H,21,24). The molecule has 0 atom stereocenters. The van der Waals surface area contributed by atoms with Crippen molar-refractivity contribution >= 4 is 21.6 Å². The summed E-state index contributed by atoms with van der Waals surface area (Å²) >= 11 is 0. The Kier molecular flexibility index (Phi) is 6.33. The van der Waals surface area contributed by atoms with Gasteiger partial charge in [-0.15, -0.1) is 0 Å². The topological polar surface area (TPSA) is 79.0 Å². The molecule has 0 radical (unpaired) electrons. The second-order valence-electron chi connectivity index (χ2n) is 6.73. The Morgan fingerprint density at radius 3 is 2.43 bits per heavy atom. The summed E-state index contributed by atoms with van der Waals surface area (Å²) in [5.74, 6) is -0.304. The summed E-state index contributed by atoms with van der Waals surface area (Å²) in [4.78, 5) is 15.1. The molecule has 150 valence electrons. The molecule has 7 nitrogen and oxygen atoms in total. The first-order valence-electron chi connectivity index (χ1n) is 9.11. The predicted molar refractivity (Wildman–Crippen MR) is 108 cm³/mol. The number of rotatable bonds is 6. The molecule has 1 fully saturated rings. The second-order valence-corrected chi connectivity index (χ2v) is 8.89. The molecule has 0 unspecified atom stereocenters. The van der Waals surface area contributed by atoms with Gasteiger partial charge in [-0.1, -0.05) is 30.3 Å². The van der Waals surface area contributed by atoms with Crippen molar-refractivity contribution in [1.29, 1.82) is 0 Å². The summed E-state index contributed by atoms with van der Waals surface area (Å²) in [5, 5.41) is 2.90. The zero-order chi connectivity index (χ0) is 20.1. The third-order valence-corrected chi connectivity index (χ3v) is 6.45. The molecular weight excluding hydrogens is 378 g/mol. The quantitative estimate of drug-likeness (QED) is 0.794. The number of hydrogen-bond donors (Lipinski definition) is 1. The van der Waals surface area contributed by atoms with Crippen LogP contribution in [-0.4, -0.2) is 59.0 Å². The predicted octanol–water partition coefficient (Wildman–Crippen LogP) is 1.70. The fourth-order valence-corrected chi connectivity index (χ4v) is 3.95. The molecule has 28 heavy (non-hydrogen) atoms. The molecular formula is C20H25N3O4S. The number of anilines is 1. The van der Waals surface area contributed by atoms with Crippen LogP contribution >= 0.6 is 0 Å². The minimum absolute atomic E-state index is 0.0966. The molecule has 1 saturated heterocycles. The lowest BCUT2D eigenvalue weighted by atomic mass is 10.1. The van der Waals surface area contributed by atoms with Crippen LogP contribution in [0.4, 0.5) is 5.69 Å². The lowest BCUT2D eigenvalue weighted by Gasteiger charge is -2.30. The smallest absolute Gasteiger partial charge is 0.253 e. The van der Waals surface area contributed by atoms with Gasteiger partial charge in [0.05, 0.1) is 23.7 Å².